The van der Waals surface area contributed by atoms with Gasteiger partial charge in [0.1, 0.15) is 5.82 Å². The average Bonchev–Trinajstić information content (AvgIpc) is 2.79. The van der Waals surface area contributed by atoms with E-state index in [1.807, 2.05) is 37.5 Å². The lowest BCUT2D eigenvalue weighted by Gasteiger charge is -2.09. The van der Waals surface area contributed by atoms with Gasteiger partial charge in [-0.25, -0.2) is 15.7 Å². The zero-order chi connectivity index (χ0) is 24.4. The maximum Gasteiger partial charge on any atom is 0.330 e. The summed E-state index contributed by atoms with van der Waals surface area (Å²) in [5.74, 6) is 1.66. The van der Waals surface area contributed by atoms with Crippen molar-refractivity contribution in [3.05, 3.63) is 65.0 Å². The van der Waals surface area contributed by atoms with Gasteiger partial charge >= 0.3 is 11.8 Å². The van der Waals surface area contributed by atoms with Crippen molar-refractivity contribution in [1.29, 1.82) is 0 Å². The summed E-state index contributed by atoms with van der Waals surface area (Å²) in [6.07, 6.45) is 0.506. The first-order chi connectivity index (χ1) is 15.7. The second-order valence-electron chi connectivity index (χ2n) is 7.40. The third kappa shape index (κ3) is 8.26. The Morgan fingerprint density at radius 3 is 2.27 bits per heavy atom. The number of Topliss-reactive ketones (excluding diaryl/α,β-unsaturated/α-hetero) is 1. The van der Waals surface area contributed by atoms with Gasteiger partial charge in [0.05, 0.1) is 6.42 Å². The Labute approximate surface area is 190 Å². The van der Waals surface area contributed by atoms with E-state index in [0.717, 1.165) is 23.3 Å². The molecular weight excluding hydrogens is 429 g/mol. The summed E-state index contributed by atoms with van der Waals surface area (Å²) in [5, 5.41) is 6.66. The van der Waals surface area contributed by atoms with E-state index in [1.54, 1.807) is 5.43 Å². The molecule has 9 nitrogen and oxygen atoms in total. The van der Waals surface area contributed by atoms with Gasteiger partial charge in [-0.2, -0.15) is 5.10 Å². The third-order valence-corrected chi connectivity index (χ3v) is 4.84. The topological polar surface area (TPSA) is 143 Å². The largest absolute Gasteiger partial charge is 0.330 e. The number of hydrogen-bond donors (Lipinski definition) is 4. The Balaban J connectivity index is 1.99. The molecule has 2 aromatic carbocycles. The molecule has 0 atom stereocenters. The predicted octanol–water partition coefficient (Wildman–Crippen LogP) is 2.29. The highest BCUT2D eigenvalue weighted by atomic mass is 19.1. The normalized spacial score (nSPS) is 11.0. The second kappa shape index (κ2) is 12.2. The van der Waals surface area contributed by atoms with Gasteiger partial charge in [0.25, 0.3) is 0 Å². The molecule has 0 aliphatic carbocycles. The van der Waals surface area contributed by atoms with Crippen molar-refractivity contribution in [3.63, 3.8) is 0 Å². The molecule has 0 saturated heterocycles. The first-order valence-corrected chi connectivity index (χ1v) is 10.2. The average molecular weight is 455 g/mol. The first-order valence-electron chi connectivity index (χ1n) is 10.2. The lowest BCUT2D eigenvalue weighted by atomic mass is 10.0. The summed E-state index contributed by atoms with van der Waals surface area (Å²) in [4.78, 5) is 47.6. The number of benzene rings is 2. The molecule has 2 aromatic rings. The highest BCUT2D eigenvalue weighted by Crippen LogP contribution is 2.15. The number of nitrogens with zero attached hydrogens (tertiary/aromatic N) is 1. The van der Waals surface area contributed by atoms with Crippen molar-refractivity contribution < 1.29 is 23.6 Å². The van der Waals surface area contributed by atoms with Crippen molar-refractivity contribution >= 4 is 34.9 Å². The summed E-state index contributed by atoms with van der Waals surface area (Å²) < 4.78 is 13.1. The highest BCUT2D eigenvalue weighted by molar-refractivity contribution is 6.34. The third-order valence-electron chi connectivity index (χ3n) is 4.84. The van der Waals surface area contributed by atoms with Crippen LogP contribution in [0, 0.1) is 19.7 Å². The molecule has 2 rings (SSSR count). The Hall–Kier alpha value is -3.92. The van der Waals surface area contributed by atoms with Gasteiger partial charge in [-0.3, -0.25) is 24.6 Å². The molecule has 0 aliphatic rings. The first kappa shape index (κ1) is 25.3. The Morgan fingerprint density at radius 1 is 0.939 bits per heavy atom. The molecular formula is C23H26FN5O4. The fraction of sp³-hybridized carbons (Fsp3) is 0.261. The Kier molecular flexibility index (Phi) is 9.37. The van der Waals surface area contributed by atoms with E-state index in [1.165, 1.54) is 12.1 Å². The smallest absolute Gasteiger partial charge is 0.326 e. The molecule has 0 unspecified atom stereocenters. The number of amides is 3. The number of halogens is 1. The summed E-state index contributed by atoms with van der Waals surface area (Å²) in [6.45, 7) is 3.93. The Bertz CT molecular complexity index is 1070. The van der Waals surface area contributed by atoms with E-state index in [2.05, 4.69) is 10.4 Å². The highest BCUT2D eigenvalue weighted by Gasteiger charge is 2.15. The number of aryl methyl sites for hydroxylation is 2. The number of ketones is 1. The monoisotopic (exact) mass is 455 g/mol. The zero-order valence-electron chi connectivity index (χ0n) is 18.4. The molecule has 0 bridgehead atoms. The van der Waals surface area contributed by atoms with Crippen molar-refractivity contribution in [1.82, 2.24) is 10.9 Å². The van der Waals surface area contributed by atoms with Crippen molar-refractivity contribution in [2.75, 3.05) is 5.32 Å². The molecule has 0 aliphatic heterocycles. The maximum absolute atomic E-state index is 13.1. The fourth-order valence-corrected chi connectivity index (χ4v) is 2.85. The molecule has 0 aromatic heterocycles. The molecule has 174 valence electrons. The van der Waals surface area contributed by atoms with Crippen LogP contribution in [0.1, 0.15) is 47.2 Å². The standard InChI is InChI=1S/C23H26FN5O4/c1-14-6-11-18(12-15(14)2)26-21(31)5-3-4-19(28-29-23(33)22(32)27-25)13-20(30)16-7-9-17(24)10-8-16/h6-12H,3-5,13,25H2,1-2H3,(H,26,31)(H,27,32)(H,29,33). The Morgan fingerprint density at radius 2 is 1.64 bits per heavy atom. The zero-order valence-corrected chi connectivity index (χ0v) is 18.4. The molecule has 0 radical (unpaired) electrons. The molecule has 10 heteroatoms. The quantitative estimate of drug-likeness (QED) is 0.115. The molecule has 0 fully saturated rings. The van der Waals surface area contributed by atoms with Crippen molar-refractivity contribution in [3.8, 4) is 0 Å². The van der Waals surface area contributed by atoms with Gasteiger partial charge in [0.2, 0.25) is 5.91 Å². The lowest BCUT2D eigenvalue weighted by Crippen LogP contribution is -2.41. The molecule has 0 saturated carbocycles. The summed E-state index contributed by atoms with van der Waals surface area (Å²) in [5.41, 5.74) is 7.08. The number of hydrazine groups is 1. The van der Waals surface area contributed by atoms with E-state index in [4.69, 9.17) is 5.84 Å². The van der Waals surface area contributed by atoms with Crippen LogP contribution in [0.4, 0.5) is 10.1 Å². The molecule has 0 heterocycles. The van der Waals surface area contributed by atoms with Gasteiger partial charge in [-0.15, -0.1) is 0 Å². The number of nitrogens with one attached hydrogen (secondary N) is 3. The minimum atomic E-state index is -1.10. The van der Waals surface area contributed by atoms with Crippen LogP contribution in [-0.4, -0.2) is 29.2 Å². The van der Waals surface area contributed by atoms with E-state index in [0.29, 0.717) is 12.1 Å². The van der Waals surface area contributed by atoms with Crippen molar-refractivity contribution in [2.45, 2.75) is 39.5 Å². The number of nitrogens with two attached hydrogens (primary N) is 1. The van der Waals surface area contributed by atoms with Gasteiger partial charge in [-0.1, -0.05) is 6.07 Å². The summed E-state index contributed by atoms with van der Waals surface area (Å²) in [7, 11) is 0. The van der Waals surface area contributed by atoms with Crippen LogP contribution < -0.4 is 22.0 Å². The van der Waals surface area contributed by atoms with Crippen LogP contribution in [0.15, 0.2) is 47.6 Å². The van der Waals surface area contributed by atoms with Crippen LogP contribution in [0.5, 0.6) is 0 Å². The lowest BCUT2D eigenvalue weighted by molar-refractivity contribution is -0.139. The molecule has 33 heavy (non-hydrogen) atoms. The SMILES string of the molecule is Cc1ccc(NC(=O)CCCC(CC(=O)c2ccc(F)cc2)=NNC(=O)C(=O)NN)cc1C. The van der Waals surface area contributed by atoms with Gasteiger partial charge in [0, 0.05) is 23.4 Å². The van der Waals surface area contributed by atoms with E-state index < -0.39 is 17.6 Å². The van der Waals surface area contributed by atoms with Crippen LogP contribution in [0.25, 0.3) is 0 Å². The summed E-state index contributed by atoms with van der Waals surface area (Å²) in [6, 6.07) is 10.6. The van der Waals surface area contributed by atoms with E-state index in [-0.39, 0.29) is 42.2 Å². The van der Waals surface area contributed by atoms with Crippen LogP contribution >= 0.6 is 0 Å². The summed E-state index contributed by atoms with van der Waals surface area (Å²) >= 11 is 0. The fourth-order valence-electron chi connectivity index (χ4n) is 2.85. The van der Waals surface area contributed by atoms with Crippen molar-refractivity contribution in [2.24, 2.45) is 10.9 Å². The number of anilines is 1. The minimum Gasteiger partial charge on any atom is -0.326 e. The number of hydrogen-bond acceptors (Lipinski definition) is 6. The maximum atomic E-state index is 13.1. The van der Waals surface area contributed by atoms with E-state index >= 15 is 0 Å². The predicted molar refractivity (Wildman–Crippen MR) is 122 cm³/mol. The number of rotatable bonds is 9. The number of carbonyl (C=O) groups excluding carboxylic acids is 4. The molecule has 3 amide bonds. The molecule has 0 spiro atoms. The molecule has 5 N–H and O–H groups in total. The van der Waals surface area contributed by atoms with Gasteiger partial charge < -0.3 is 5.32 Å². The van der Waals surface area contributed by atoms with Crippen LogP contribution in [0.3, 0.4) is 0 Å². The minimum absolute atomic E-state index is 0.147. The van der Waals surface area contributed by atoms with Gasteiger partial charge in [-0.05, 0) is 74.2 Å². The van der Waals surface area contributed by atoms with E-state index in [9.17, 15) is 23.6 Å². The van der Waals surface area contributed by atoms with Crippen LogP contribution in [0.2, 0.25) is 0 Å². The van der Waals surface area contributed by atoms with Crippen LogP contribution in [-0.2, 0) is 14.4 Å². The number of carbonyl (C=O) groups is 4. The second-order valence-corrected chi connectivity index (χ2v) is 7.40. The number of hydrazone groups is 1. The van der Waals surface area contributed by atoms with Gasteiger partial charge in [0.15, 0.2) is 5.78 Å².